The van der Waals surface area contributed by atoms with E-state index >= 15 is 0 Å². The number of amides is 1. The molecule has 1 unspecified atom stereocenters. The van der Waals surface area contributed by atoms with Crippen molar-refractivity contribution < 1.29 is 18.0 Å². The van der Waals surface area contributed by atoms with Crippen LogP contribution in [0.5, 0.6) is 0 Å². The fourth-order valence-electron chi connectivity index (χ4n) is 3.68. The zero-order valence-electron chi connectivity index (χ0n) is 16.7. The summed E-state index contributed by atoms with van der Waals surface area (Å²) in [5.74, 6) is -0.0697. The first-order chi connectivity index (χ1) is 14.8. The molecular formula is C20H20F3N7O. The van der Waals surface area contributed by atoms with E-state index in [1.165, 1.54) is 29.5 Å². The van der Waals surface area contributed by atoms with Gasteiger partial charge in [-0.05, 0) is 50.5 Å². The highest BCUT2D eigenvalue weighted by molar-refractivity contribution is 5.96. The van der Waals surface area contributed by atoms with E-state index in [0.717, 1.165) is 25.1 Å². The summed E-state index contributed by atoms with van der Waals surface area (Å²) < 4.78 is 38.5. The van der Waals surface area contributed by atoms with Crippen LogP contribution in [0, 0.1) is 0 Å². The van der Waals surface area contributed by atoms with Crippen molar-refractivity contribution >= 4 is 11.7 Å². The quantitative estimate of drug-likeness (QED) is 0.680. The summed E-state index contributed by atoms with van der Waals surface area (Å²) in [7, 11) is 0. The van der Waals surface area contributed by atoms with Crippen LogP contribution in [-0.2, 0) is 6.18 Å². The van der Waals surface area contributed by atoms with Crippen molar-refractivity contribution in [2.75, 3.05) is 11.9 Å². The van der Waals surface area contributed by atoms with Crippen LogP contribution in [0.1, 0.15) is 42.2 Å². The largest absolute Gasteiger partial charge is 0.417 e. The molecule has 4 heterocycles. The average molecular weight is 431 g/mol. The minimum Gasteiger partial charge on any atom is -0.348 e. The van der Waals surface area contributed by atoms with Crippen LogP contribution >= 0.6 is 0 Å². The summed E-state index contributed by atoms with van der Waals surface area (Å²) >= 11 is 0. The number of aromatic nitrogens is 5. The molecule has 0 radical (unpaired) electrons. The van der Waals surface area contributed by atoms with Crippen molar-refractivity contribution in [3.8, 4) is 5.69 Å². The first-order valence-electron chi connectivity index (χ1n) is 9.73. The van der Waals surface area contributed by atoms with Gasteiger partial charge in [0.25, 0.3) is 5.91 Å². The van der Waals surface area contributed by atoms with Gasteiger partial charge in [0.15, 0.2) is 5.69 Å². The number of halogens is 3. The molecule has 0 bridgehead atoms. The first-order valence-corrected chi connectivity index (χ1v) is 9.73. The summed E-state index contributed by atoms with van der Waals surface area (Å²) in [6, 6.07) is 5.63. The van der Waals surface area contributed by atoms with Crippen LogP contribution in [0.2, 0.25) is 0 Å². The number of carbonyl (C=O) groups excluding carboxylic acids is 1. The van der Waals surface area contributed by atoms with E-state index in [1.54, 1.807) is 17.0 Å². The average Bonchev–Trinajstić information content (AvgIpc) is 3.28. The Labute approximate surface area is 176 Å². The Bertz CT molecular complexity index is 1050. The number of piperidine rings is 1. The topological polar surface area (TPSA) is 88.8 Å². The summed E-state index contributed by atoms with van der Waals surface area (Å²) in [5.41, 5.74) is -1.05. The van der Waals surface area contributed by atoms with Gasteiger partial charge in [-0.3, -0.25) is 4.79 Å². The molecule has 1 fully saturated rings. The van der Waals surface area contributed by atoms with Crippen molar-refractivity contribution in [2.24, 2.45) is 0 Å². The zero-order chi connectivity index (χ0) is 22.1. The lowest BCUT2D eigenvalue weighted by molar-refractivity contribution is -0.137. The molecule has 0 aromatic carbocycles. The van der Waals surface area contributed by atoms with Gasteiger partial charge in [-0.15, -0.1) is 4.80 Å². The van der Waals surface area contributed by atoms with Gasteiger partial charge in [0.1, 0.15) is 17.2 Å². The third-order valence-electron chi connectivity index (χ3n) is 5.25. The predicted molar refractivity (Wildman–Crippen MR) is 105 cm³/mol. The Morgan fingerprint density at radius 1 is 1.10 bits per heavy atom. The van der Waals surface area contributed by atoms with Gasteiger partial charge in [0.05, 0.1) is 18.0 Å². The molecule has 31 heavy (non-hydrogen) atoms. The number of likely N-dealkylation sites (tertiary alicyclic amines) is 1. The molecule has 1 aliphatic heterocycles. The Morgan fingerprint density at radius 2 is 1.87 bits per heavy atom. The maximum atomic E-state index is 13.5. The number of hydrogen-bond acceptors (Lipinski definition) is 6. The van der Waals surface area contributed by atoms with Crippen LogP contribution in [0.3, 0.4) is 0 Å². The van der Waals surface area contributed by atoms with Gasteiger partial charge < -0.3 is 10.2 Å². The van der Waals surface area contributed by atoms with Gasteiger partial charge in [-0.25, -0.2) is 9.97 Å². The van der Waals surface area contributed by atoms with Crippen molar-refractivity contribution in [1.29, 1.82) is 0 Å². The number of carbonyl (C=O) groups is 1. The molecule has 1 aliphatic rings. The fraction of sp³-hybridized carbons (Fsp3) is 0.350. The third-order valence-corrected chi connectivity index (χ3v) is 5.25. The van der Waals surface area contributed by atoms with Gasteiger partial charge in [0.2, 0.25) is 0 Å². The second-order valence-electron chi connectivity index (χ2n) is 7.43. The van der Waals surface area contributed by atoms with Crippen LogP contribution < -0.4 is 5.32 Å². The lowest BCUT2D eigenvalue weighted by Crippen LogP contribution is -2.57. The number of rotatable bonds is 4. The molecule has 8 nitrogen and oxygen atoms in total. The standard InChI is InChI=1S/C20H20F3N7O/c1-19(28-16-7-6-14(13-25-16)20(21,22)23)8-2-3-12-29(19)18(31)17-15(5-4-9-24-17)30-26-10-11-27-30/h4-7,9-11,13H,2-3,8,12H2,1H3,(H,25,28). The normalized spacial score (nSPS) is 19.3. The predicted octanol–water partition coefficient (Wildman–Crippen LogP) is 3.53. The van der Waals surface area contributed by atoms with E-state index in [4.69, 9.17) is 0 Å². The highest BCUT2D eigenvalue weighted by Gasteiger charge is 2.40. The second kappa shape index (κ2) is 7.97. The van der Waals surface area contributed by atoms with Gasteiger partial charge in [0, 0.05) is 18.9 Å². The lowest BCUT2D eigenvalue weighted by Gasteiger charge is -2.45. The number of nitrogens with zero attached hydrogens (tertiary/aromatic N) is 6. The van der Waals surface area contributed by atoms with E-state index in [9.17, 15) is 18.0 Å². The highest BCUT2D eigenvalue weighted by atomic mass is 19.4. The van der Waals surface area contributed by atoms with Crippen LogP contribution in [-0.4, -0.2) is 48.0 Å². The van der Waals surface area contributed by atoms with Gasteiger partial charge in [-0.1, -0.05) is 0 Å². The SMILES string of the molecule is CC1(Nc2ccc(C(F)(F)F)cn2)CCCCN1C(=O)c1ncccc1-n1nccn1. The minimum absolute atomic E-state index is 0.189. The van der Waals surface area contributed by atoms with E-state index in [2.05, 4.69) is 25.5 Å². The molecule has 1 atom stereocenters. The molecule has 3 aromatic rings. The molecular weight excluding hydrogens is 411 g/mol. The second-order valence-corrected chi connectivity index (χ2v) is 7.43. The number of hydrogen-bond donors (Lipinski definition) is 1. The molecule has 162 valence electrons. The fourth-order valence-corrected chi connectivity index (χ4v) is 3.68. The van der Waals surface area contributed by atoms with Crippen LogP contribution in [0.15, 0.2) is 49.1 Å². The third kappa shape index (κ3) is 4.21. The molecule has 1 saturated heterocycles. The Balaban J connectivity index is 1.63. The maximum absolute atomic E-state index is 13.5. The highest BCUT2D eigenvalue weighted by Crippen LogP contribution is 2.32. The number of alkyl halides is 3. The summed E-state index contributed by atoms with van der Waals surface area (Å²) in [5, 5.41) is 11.3. The molecule has 11 heteroatoms. The first kappa shape index (κ1) is 20.8. The van der Waals surface area contributed by atoms with Crippen LogP contribution in [0.25, 0.3) is 5.69 Å². The Morgan fingerprint density at radius 3 is 2.55 bits per heavy atom. The molecule has 1 N–H and O–H groups in total. The molecule has 4 rings (SSSR count). The van der Waals surface area contributed by atoms with E-state index in [-0.39, 0.29) is 17.4 Å². The Kier molecular flexibility index (Phi) is 5.34. The minimum atomic E-state index is -4.46. The Hall–Kier alpha value is -3.50. The number of anilines is 1. The maximum Gasteiger partial charge on any atom is 0.417 e. The van der Waals surface area contributed by atoms with Crippen molar-refractivity contribution in [2.45, 2.75) is 38.0 Å². The van der Waals surface area contributed by atoms with E-state index in [0.29, 0.717) is 18.7 Å². The molecule has 3 aromatic heterocycles. The zero-order valence-corrected chi connectivity index (χ0v) is 16.7. The molecule has 0 saturated carbocycles. The van der Waals surface area contributed by atoms with Gasteiger partial charge in [-0.2, -0.15) is 23.4 Å². The summed E-state index contributed by atoms with van der Waals surface area (Å²) in [6.45, 7) is 2.30. The number of nitrogens with one attached hydrogen (secondary N) is 1. The van der Waals surface area contributed by atoms with Crippen molar-refractivity contribution in [1.82, 2.24) is 29.9 Å². The van der Waals surface area contributed by atoms with Crippen molar-refractivity contribution in [3.05, 3.63) is 60.3 Å². The molecule has 0 spiro atoms. The van der Waals surface area contributed by atoms with Gasteiger partial charge >= 0.3 is 6.18 Å². The molecule has 1 amide bonds. The molecule has 0 aliphatic carbocycles. The number of pyridine rings is 2. The summed E-state index contributed by atoms with van der Waals surface area (Å²) in [6.07, 6.45) is 3.10. The van der Waals surface area contributed by atoms with E-state index in [1.807, 2.05) is 6.92 Å². The van der Waals surface area contributed by atoms with Crippen molar-refractivity contribution in [3.63, 3.8) is 0 Å². The smallest absolute Gasteiger partial charge is 0.348 e. The lowest BCUT2D eigenvalue weighted by atomic mass is 9.95. The monoisotopic (exact) mass is 431 g/mol. The van der Waals surface area contributed by atoms with Crippen LogP contribution in [0.4, 0.5) is 19.0 Å². The summed E-state index contributed by atoms with van der Waals surface area (Å²) in [4.78, 5) is 24.6. The van der Waals surface area contributed by atoms with E-state index < -0.39 is 17.4 Å².